The molecule has 1 unspecified atom stereocenters. The lowest BCUT2D eigenvalue weighted by atomic mass is 10.2. The van der Waals surface area contributed by atoms with E-state index in [9.17, 15) is 4.79 Å². The zero-order valence-corrected chi connectivity index (χ0v) is 9.98. The molecule has 1 saturated heterocycles. The van der Waals surface area contributed by atoms with E-state index in [1.807, 2.05) is 0 Å². The van der Waals surface area contributed by atoms with Crippen LogP contribution in [0.15, 0.2) is 27.4 Å². The lowest BCUT2D eigenvalue weighted by Gasteiger charge is -2.10. The number of rotatable bonds is 4. The summed E-state index contributed by atoms with van der Waals surface area (Å²) in [4.78, 5) is 13.6. The molecule has 3 rings (SSSR count). The van der Waals surface area contributed by atoms with Gasteiger partial charge >= 0.3 is 5.76 Å². The van der Waals surface area contributed by atoms with E-state index in [0.29, 0.717) is 23.8 Å². The molecule has 1 fully saturated rings. The molecule has 0 aliphatic carbocycles. The molecule has 1 aliphatic heterocycles. The predicted molar refractivity (Wildman–Crippen MR) is 65.9 cm³/mol. The van der Waals surface area contributed by atoms with Crippen LogP contribution in [0.2, 0.25) is 0 Å². The minimum atomic E-state index is -0.443. The van der Waals surface area contributed by atoms with Crippen molar-refractivity contribution in [2.75, 3.05) is 13.2 Å². The minimum Gasteiger partial charge on any atom is -0.493 e. The van der Waals surface area contributed by atoms with Crippen molar-refractivity contribution in [3.05, 3.63) is 28.7 Å². The first-order chi connectivity index (χ1) is 8.81. The summed E-state index contributed by atoms with van der Waals surface area (Å²) in [5, 5.41) is 0. The molecule has 5 heteroatoms. The fourth-order valence-corrected chi connectivity index (χ4v) is 2.20. The zero-order valence-electron chi connectivity index (χ0n) is 9.98. The number of fused-ring (bicyclic) bond motifs is 1. The van der Waals surface area contributed by atoms with Crippen LogP contribution in [0.3, 0.4) is 0 Å². The molecule has 0 spiro atoms. The monoisotopic (exact) mass is 249 g/mol. The molecule has 1 aromatic carbocycles. The molecule has 1 N–H and O–H groups in total. The molecule has 1 aliphatic rings. The highest BCUT2D eigenvalue weighted by atomic mass is 16.5. The van der Waals surface area contributed by atoms with Gasteiger partial charge in [-0.05, 0) is 25.0 Å². The first-order valence-electron chi connectivity index (χ1n) is 6.18. The van der Waals surface area contributed by atoms with E-state index in [2.05, 4.69) is 4.98 Å². The Labute approximate surface area is 104 Å². The molecule has 2 aromatic rings. The Kier molecular flexibility index (Phi) is 3.06. The first kappa shape index (κ1) is 11.3. The summed E-state index contributed by atoms with van der Waals surface area (Å²) in [6.45, 7) is 1.49. The molecule has 0 radical (unpaired) electrons. The summed E-state index contributed by atoms with van der Waals surface area (Å²) >= 11 is 0. The number of aromatic amines is 1. The van der Waals surface area contributed by atoms with Crippen LogP contribution in [-0.4, -0.2) is 24.3 Å². The second-order valence-electron chi connectivity index (χ2n) is 4.44. The Balaban J connectivity index is 1.61. The van der Waals surface area contributed by atoms with Gasteiger partial charge in [-0.25, -0.2) is 4.79 Å². The fraction of sp³-hybridized carbons (Fsp3) is 0.462. The topological polar surface area (TPSA) is 64.5 Å². The van der Waals surface area contributed by atoms with E-state index < -0.39 is 5.76 Å². The van der Waals surface area contributed by atoms with Gasteiger partial charge in [0, 0.05) is 19.1 Å². The maximum atomic E-state index is 11.0. The summed E-state index contributed by atoms with van der Waals surface area (Å²) < 4.78 is 16.1. The van der Waals surface area contributed by atoms with Crippen LogP contribution in [-0.2, 0) is 4.74 Å². The molecular formula is C13H15NO4. The number of ether oxygens (including phenoxy) is 2. The third-order valence-corrected chi connectivity index (χ3v) is 3.12. The van der Waals surface area contributed by atoms with Gasteiger partial charge in [-0.1, -0.05) is 0 Å². The standard InChI is InChI=1S/C13H15NO4/c15-13-14-11-8-10(3-4-12(11)18-13)17-7-5-9-2-1-6-16-9/h3-4,8-9H,1-2,5-7H2,(H,14,15). The van der Waals surface area contributed by atoms with Crippen LogP contribution in [0.25, 0.3) is 11.1 Å². The van der Waals surface area contributed by atoms with Crippen LogP contribution in [0.1, 0.15) is 19.3 Å². The normalized spacial score (nSPS) is 19.4. The van der Waals surface area contributed by atoms with Crippen molar-refractivity contribution in [3.8, 4) is 5.75 Å². The minimum absolute atomic E-state index is 0.336. The fourth-order valence-electron chi connectivity index (χ4n) is 2.20. The van der Waals surface area contributed by atoms with E-state index in [-0.39, 0.29) is 0 Å². The highest BCUT2D eigenvalue weighted by Gasteiger charge is 2.15. The van der Waals surface area contributed by atoms with Crippen LogP contribution >= 0.6 is 0 Å². The van der Waals surface area contributed by atoms with Crippen LogP contribution in [0.4, 0.5) is 0 Å². The molecule has 1 atom stereocenters. The Hall–Kier alpha value is -1.75. The van der Waals surface area contributed by atoms with Gasteiger partial charge in [0.2, 0.25) is 0 Å². The Bertz CT molecular complexity index is 580. The zero-order chi connectivity index (χ0) is 12.4. The number of aromatic nitrogens is 1. The average molecular weight is 249 g/mol. The van der Waals surface area contributed by atoms with Crippen molar-refractivity contribution in [1.29, 1.82) is 0 Å². The van der Waals surface area contributed by atoms with E-state index in [1.165, 1.54) is 0 Å². The average Bonchev–Trinajstić information content (AvgIpc) is 2.96. The summed E-state index contributed by atoms with van der Waals surface area (Å²) in [5.41, 5.74) is 1.21. The van der Waals surface area contributed by atoms with Crippen molar-refractivity contribution in [1.82, 2.24) is 4.98 Å². The van der Waals surface area contributed by atoms with E-state index in [1.54, 1.807) is 18.2 Å². The third-order valence-electron chi connectivity index (χ3n) is 3.12. The van der Waals surface area contributed by atoms with Crippen molar-refractivity contribution >= 4 is 11.1 Å². The smallest absolute Gasteiger partial charge is 0.417 e. The van der Waals surface area contributed by atoms with Crippen molar-refractivity contribution in [2.24, 2.45) is 0 Å². The van der Waals surface area contributed by atoms with Crippen molar-refractivity contribution < 1.29 is 13.9 Å². The lowest BCUT2D eigenvalue weighted by Crippen LogP contribution is -2.10. The number of nitrogens with one attached hydrogen (secondary N) is 1. The first-order valence-corrected chi connectivity index (χ1v) is 6.18. The van der Waals surface area contributed by atoms with Crippen LogP contribution in [0.5, 0.6) is 5.75 Å². The Morgan fingerprint density at radius 3 is 3.22 bits per heavy atom. The molecule has 2 heterocycles. The highest BCUT2D eigenvalue weighted by Crippen LogP contribution is 2.20. The van der Waals surface area contributed by atoms with Crippen molar-refractivity contribution in [3.63, 3.8) is 0 Å². The number of benzene rings is 1. The lowest BCUT2D eigenvalue weighted by molar-refractivity contribution is 0.0904. The number of hydrogen-bond donors (Lipinski definition) is 1. The molecule has 96 valence electrons. The molecule has 5 nitrogen and oxygen atoms in total. The number of oxazole rings is 1. The Morgan fingerprint density at radius 1 is 1.44 bits per heavy atom. The van der Waals surface area contributed by atoms with Gasteiger partial charge in [0.15, 0.2) is 5.58 Å². The predicted octanol–water partition coefficient (Wildman–Crippen LogP) is 2.07. The SMILES string of the molecule is O=c1[nH]c2cc(OCCC3CCCO3)ccc2o1. The van der Waals surface area contributed by atoms with Gasteiger partial charge in [-0.2, -0.15) is 0 Å². The molecule has 0 saturated carbocycles. The molecule has 0 amide bonds. The maximum Gasteiger partial charge on any atom is 0.417 e. The van der Waals surface area contributed by atoms with E-state index >= 15 is 0 Å². The van der Waals surface area contributed by atoms with E-state index in [0.717, 1.165) is 31.6 Å². The Morgan fingerprint density at radius 2 is 2.39 bits per heavy atom. The van der Waals surface area contributed by atoms with Crippen LogP contribution in [0, 0.1) is 0 Å². The van der Waals surface area contributed by atoms with Gasteiger partial charge < -0.3 is 13.9 Å². The van der Waals surface area contributed by atoms with Crippen molar-refractivity contribution in [2.45, 2.75) is 25.4 Å². The largest absolute Gasteiger partial charge is 0.493 e. The molecule has 1 aromatic heterocycles. The maximum absolute atomic E-state index is 11.0. The van der Waals surface area contributed by atoms with E-state index in [4.69, 9.17) is 13.9 Å². The molecule has 0 bridgehead atoms. The van der Waals surface area contributed by atoms with Gasteiger partial charge in [-0.15, -0.1) is 0 Å². The summed E-state index contributed by atoms with van der Waals surface area (Å²) in [5.74, 6) is 0.291. The summed E-state index contributed by atoms with van der Waals surface area (Å²) in [7, 11) is 0. The second-order valence-corrected chi connectivity index (χ2v) is 4.44. The highest BCUT2D eigenvalue weighted by molar-refractivity contribution is 5.73. The van der Waals surface area contributed by atoms with Gasteiger partial charge in [0.1, 0.15) is 5.75 Å². The van der Waals surface area contributed by atoms with Gasteiger partial charge in [0.25, 0.3) is 0 Å². The molecular weight excluding hydrogens is 234 g/mol. The number of H-pyrrole nitrogens is 1. The third kappa shape index (κ3) is 2.41. The summed E-state index contributed by atoms with van der Waals surface area (Å²) in [6.07, 6.45) is 3.51. The second kappa shape index (κ2) is 4.86. The van der Waals surface area contributed by atoms with Gasteiger partial charge in [-0.3, -0.25) is 4.98 Å². The molecule has 18 heavy (non-hydrogen) atoms. The number of hydrogen-bond acceptors (Lipinski definition) is 4. The van der Waals surface area contributed by atoms with Crippen LogP contribution < -0.4 is 10.5 Å². The van der Waals surface area contributed by atoms with Gasteiger partial charge in [0.05, 0.1) is 18.2 Å². The quantitative estimate of drug-likeness (QED) is 0.900. The summed E-state index contributed by atoms with van der Waals surface area (Å²) in [6, 6.07) is 5.30.